The van der Waals surface area contributed by atoms with E-state index in [-0.39, 0.29) is 34.3 Å². The molecule has 6 rings (SSSR count). The quantitative estimate of drug-likeness (QED) is 0.0527. The second-order valence-electron chi connectivity index (χ2n) is 19.6. The number of ether oxygens (including phenoxy) is 2. The first-order valence-corrected chi connectivity index (χ1v) is 24.2. The lowest BCUT2D eigenvalue weighted by atomic mass is 9.84. The summed E-state index contributed by atoms with van der Waals surface area (Å²) >= 11 is 0. The van der Waals surface area contributed by atoms with Crippen LogP contribution < -0.4 is 0 Å². The SMILES string of the molecule is CCCCC(CC)COC(=O)CCc1cc(-n2nc3ccccc3n2)c(O)c(C(C)(C)C)c1.CCCCCCCCOC(=O)CCc1cc(-n2nc3ccccc3n2)c(O)c(C(C)(C)C)c1. The van der Waals surface area contributed by atoms with Crippen LogP contribution >= 0.6 is 0 Å². The Labute approximate surface area is 392 Å². The van der Waals surface area contributed by atoms with Crippen LogP contribution in [0.5, 0.6) is 11.5 Å². The molecule has 0 aliphatic rings. The molecular formula is C54H74N6O6. The van der Waals surface area contributed by atoms with Gasteiger partial charge in [0.25, 0.3) is 0 Å². The van der Waals surface area contributed by atoms with Crippen molar-refractivity contribution < 1.29 is 29.3 Å². The van der Waals surface area contributed by atoms with Gasteiger partial charge in [0.2, 0.25) is 0 Å². The molecule has 12 nitrogen and oxygen atoms in total. The van der Waals surface area contributed by atoms with Gasteiger partial charge in [-0.1, -0.05) is 150 Å². The van der Waals surface area contributed by atoms with E-state index in [0.29, 0.717) is 56.2 Å². The average molecular weight is 903 g/mol. The Balaban J connectivity index is 0.000000247. The van der Waals surface area contributed by atoms with Crippen LogP contribution in [-0.2, 0) is 42.7 Å². The minimum absolute atomic E-state index is 0.163. The van der Waals surface area contributed by atoms with Crippen LogP contribution in [0.1, 0.15) is 162 Å². The van der Waals surface area contributed by atoms with Gasteiger partial charge in [-0.05, 0) is 90.0 Å². The standard InChI is InChI=1S/2C27H37N3O3/c1-6-8-11-19(7-2)18-33-25(31)15-14-20-16-21(27(3,4)5)26(32)24(17-20)30-28-22-12-9-10-13-23(22)29-30;1-5-6-7-8-9-12-17-33-25(31)16-15-20-18-21(27(2,3)4)26(32)24(19-20)30-28-22-13-10-11-14-23(22)29-30/h9-10,12-13,16-17,19,32H,6-8,11,14-15,18H2,1-5H3;10-11,13-14,18-19,32H,5-9,12,15-17H2,1-4H3. The average Bonchev–Trinajstić information content (AvgIpc) is 3.92. The number of rotatable bonds is 21. The molecule has 4 aromatic carbocycles. The van der Waals surface area contributed by atoms with E-state index in [1.54, 1.807) is 0 Å². The van der Waals surface area contributed by atoms with Crippen molar-refractivity contribution >= 4 is 34.0 Å². The van der Waals surface area contributed by atoms with Crippen molar-refractivity contribution in [2.24, 2.45) is 5.92 Å². The summed E-state index contributed by atoms with van der Waals surface area (Å²) in [6.07, 6.45) is 13.1. The number of hydrogen-bond donors (Lipinski definition) is 2. The maximum absolute atomic E-state index is 12.4. The highest BCUT2D eigenvalue weighted by atomic mass is 16.5. The monoisotopic (exact) mass is 903 g/mol. The van der Waals surface area contributed by atoms with E-state index in [9.17, 15) is 19.8 Å². The third kappa shape index (κ3) is 14.6. The lowest BCUT2D eigenvalue weighted by Crippen LogP contribution is -2.16. The molecule has 0 spiro atoms. The molecule has 0 saturated heterocycles. The summed E-state index contributed by atoms with van der Waals surface area (Å²) in [6, 6.07) is 22.9. The number of phenols is 2. The Morgan fingerprint density at radius 1 is 0.576 bits per heavy atom. The van der Waals surface area contributed by atoms with Crippen molar-refractivity contribution in [2.45, 2.75) is 163 Å². The summed E-state index contributed by atoms with van der Waals surface area (Å²) in [5, 5.41) is 40.2. The number of aromatic nitrogens is 6. The molecule has 2 aromatic heterocycles. The fraction of sp³-hybridized carbons (Fsp3) is 0.519. The molecule has 1 atom stereocenters. The van der Waals surface area contributed by atoms with E-state index in [2.05, 4.69) is 82.7 Å². The topological polar surface area (TPSA) is 154 Å². The van der Waals surface area contributed by atoms with Crippen LogP contribution in [0.4, 0.5) is 0 Å². The number of esters is 2. The largest absolute Gasteiger partial charge is 0.505 e. The molecule has 2 heterocycles. The molecule has 66 heavy (non-hydrogen) atoms. The van der Waals surface area contributed by atoms with Crippen molar-refractivity contribution in [3.8, 4) is 22.9 Å². The van der Waals surface area contributed by atoms with E-state index in [0.717, 1.165) is 76.4 Å². The molecule has 0 fully saturated rings. The zero-order valence-electron chi connectivity index (χ0n) is 41.0. The van der Waals surface area contributed by atoms with Gasteiger partial charge in [-0.2, -0.15) is 0 Å². The molecule has 2 N–H and O–H groups in total. The molecule has 0 amide bonds. The van der Waals surface area contributed by atoms with Gasteiger partial charge in [0.05, 0.1) is 13.2 Å². The lowest BCUT2D eigenvalue weighted by Gasteiger charge is -2.23. The number of carbonyl (C=O) groups is 2. The molecule has 0 saturated carbocycles. The fourth-order valence-electron chi connectivity index (χ4n) is 7.84. The number of nitrogens with zero attached hydrogens (tertiary/aromatic N) is 6. The fourth-order valence-corrected chi connectivity index (χ4v) is 7.84. The summed E-state index contributed by atoms with van der Waals surface area (Å²) < 4.78 is 11.0. The molecule has 6 aromatic rings. The first-order valence-electron chi connectivity index (χ1n) is 24.2. The van der Waals surface area contributed by atoms with E-state index in [1.807, 2.05) is 72.8 Å². The van der Waals surface area contributed by atoms with Gasteiger partial charge in [-0.15, -0.1) is 30.0 Å². The lowest BCUT2D eigenvalue weighted by molar-refractivity contribution is -0.145. The predicted molar refractivity (Wildman–Crippen MR) is 264 cm³/mol. The van der Waals surface area contributed by atoms with Crippen LogP contribution in [-0.4, -0.2) is 65.4 Å². The maximum Gasteiger partial charge on any atom is 0.306 e. The Kier molecular flexibility index (Phi) is 18.7. The zero-order valence-corrected chi connectivity index (χ0v) is 41.0. The first kappa shape index (κ1) is 51.2. The van der Waals surface area contributed by atoms with Gasteiger partial charge >= 0.3 is 11.9 Å². The third-order valence-corrected chi connectivity index (χ3v) is 11.9. The van der Waals surface area contributed by atoms with Gasteiger partial charge < -0.3 is 19.7 Å². The van der Waals surface area contributed by atoms with E-state index < -0.39 is 0 Å². The van der Waals surface area contributed by atoms with Gasteiger partial charge in [0, 0.05) is 24.0 Å². The van der Waals surface area contributed by atoms with Crippen LogP contribution in [0.2, 0.25) is 0 Å². The Morgan fingerprint density at radius 2 is 0.985 bits per heavy atom. The summed E-state index contributed by atoms with van der Waals surface area (Å²) in [5.41, 5.74) is 7.03. The van der Waals surface area contributed by atoms with Gasteiger partial charge in [-0.3, -0.25) is 9.59 Å². The summed E-state index contributed by atoms with van der Waals surface area (Å²) in [7, 11) is 0. The Bertz CT molecular complexity index is 2430. The summed E-state index contributed by atoms with van der Waals surface area (Å²) in [4.78, 5) is 27.7. The first-order chi connectivity index (χ1) is 31.5. The van der Waals surface area contributed by atoms with Crippen molar-refractivity contribution in [1.29, 1.82) is 0 Å². The predicted octanol–water partition coefficient (Wildman–Crippen LogP) is 12.4. The highest BCUT2D eigenvalue weighted by Crippen LogP contribution is 2.38. The number of aromatic hydroxyl groups is 2. The molecular weight excluding hydrogens is 829 g/mol. The van der Waals surface area contributed by atoms with Crippen LogP contribution in [0.25, 0.3) is 33.4 Å². The third-order valence-electron chi connectivity index (χ3n) is 11.9. The van der Waals surface area contributed by atoms with Crippen LogP contribution in [0.15, 0.2) is 72.8 Å². The zero-order chi connectivity index (χ0) is 47.9. The van der Waals surface area contributed by atoms with Crippen molar-refractivity contribution in [3.63, 3.8) is 0 Å². The number of unbranched alkanes of at least 4 members (excludes halogenated alkanes) is 6. The minimum atomic E-state index is -0.282. The van der Waals surface area contributed by atoms with Crippen LogP contribution in [0, 0.1) is 5.92 Å². The molecule has 12 heteroatoms. The summed E-state index contributed by atoms with van der Waals surface area (Å²) in [6.45, 7) is 19.8. The number of fused-ring (bicyclic) bond motifs is 2. The maximum atomic E-state index is 12.4. The molecule has 0 bridgehead atoms. The molecule has 1 unspecified atom stereocenters. The highest BCUT2D eigenvalue weighted by molar-refractivity contribution is 5.75. The molecule has 0 aliphatic carbocycles. The van der Waals surface area contributed by atoms with Crippen molar-refractivity contribution in [1.82, 2.24) is 30.0 Å². The van der Waals surface area contributed by atoms with E-state index in [4.69, 9.17) is 9.47 Å². The normalized spacial score (nSPS) is 12.3. The van der Waals surface area contributed by atoms with Crippen molar-refractivity contribution in [3.05, 3.63) is 95.1 Å². The van der Waals surface area contributed by atoms with E-state index in [1.165, 1.54) is 41.7 Å². The van der Waals surface area contributed by atoms with Gasteiger partial charge in [0.15, 0.2) is 0 Å². The molecule has 0 radical (unpaired) electrons. The second-order valence-corrected chi connectivity index (χ2v) is 19.6. The van der Waals surface area contributed by atoms with Crippen LogP contribution in [0.3, 0.4) is 0 Å². The van der Waals surface area contributed by atoms with Gasteiger partial charge in [-0.25, -0.2) is 0 Å². The molecule has 0 aliphatic heterocycles. The Morgan fingerprint density at radius 3 is 1.39 bits per heavy atom. The smallest absolute Gasteiger partial charge is 0.306 e. The van der Waals surface area contributed by atoms with Crippen molar-refractivity contribution in [2.75, 3.05) is 13.2 Å². The minimum Gasteiger partial charge on any atom is -0.505 e. The summed E-state index contributed by atoms with van der Waals surface area (Å²) in [5.74, 6) is 0.396. The molecule has 356 valence electrons. The second kappa shape index (κ2) is 24.1. The number of carbonyl (C=O) groups excluding carboxylic acids is 2. The number of benzene rings is 4. The van der Waals surface area contributed by atoms with E-state index >= 15 is 0 Å². The number of aryl methyl sites for hydroxylation is 2. The van der Waals surface area contributed by atoms with Gasteiger partial charge in [0.1, 0.15) is 44.9 Å². The number of phenolic OH excluding ortho intramolecular Hbond substituents is 2. The number of hydrogen-bond acceptors (Lipinski definition) is 10. The Hall–Kier alpha value is -5.78. The highest BCUT2D eigenvalue weighted by Gasteiger charge is 2.25.